The van der Waals surface area contributed by atoms with Gasteiger partial charge in [0.25, 0.3) is 0 Å². The van der Waals surface area contributed by atoms with E-state index < -0.39 is 18.6 Å². The van der Waals surface area contributed by atoms with Gasteiger partial charge >= 0.3 is 5.97 Å². The topological polar surface area (TPSA) is 90.0 Å². The first-order valence-corrected chi connectivity index (χ1v) is 11.8. The quantitative estimate of drug-likeness (QED) is 0.248. The highest BCUT2D eigenvalue weighted by Gasteiger charge is 2.67. The summed E-state index contributed by atoms with van der Waals surface area (Å²) >= 11 is 0. The third-order valence-corrected chi connectivity index (χ3v) is 7.87. The van der Waals surface area contributed by atoms with Crippen LogP contribution in [0.15, 0.2) is 36.4 Å². The van der Waals surface area contributed by atoms with Gasteiger partial charge in [0.1, 0.15) is 11.8 Å². The molecule has 7 heteroatoms. The summed E-state index contributed by atoms with van der Waals surface area (Å²) in [5, 5.41) is 0. The summed E-state index contributed by atoms with van der Waals surface area (Å²) in [6, 6.07) is 5.56. The molecule has 1 saturated heterocycles. The molecule has 2 saturated carbocycles. The molecule has 2 bridgehead atoms. The molecular weight excluding hydrogens is 422 g/mol. The standard InChI is InChI=1S/C26H29NO6/c1-3-4-5-20(26(31)33-13-21(28)14-6-8-15(32-2)9-7-14)27-24(29)22-16-10-11-17(19-12-18(16)19)23(22)25(27)30/h6-11,16-20,22-23H,3-5,12-13H2,1-2H3/t16-,17-,18-,19+,20+,22+,23+/m0/s1. The maximum atomic E-state index is 13.4. The summed E-state index contributed by atoms with van der Waals surface area (Å²) in [5.41, 5.74) is 0.398. The van der Waals surface area contributed by atoms with Gasteiger partial charge in [-0.05, 0) is 60.8 Å². The van der Waals surface area contributed by atoms with Gasteiger partial charge in [0.2, 0.25) is 11.8 Å². The van der Waals surface area contributed by atoms with E-state index in [0.717, 1.165) is 12.8 Å². The van der Waals surface area contributed by atoms with Crippen LogP contribution in [-0.2, 0) is 19.1 Å². The Morgan fingerprint density at radius 3 is 2.18 bits per heavy atom. The Labute approximate surface area is 193 Å². The van der Waals surface area contributed by atoms with E-state index in [1.54, 1.807) is 24.3 Å². The maximum absolute atomic E-state index is 13.4. The number of ether oxygens (including phenoxy) is 2. The number of hydrogen-bond donors (Lipinski definition) is 0. The lowest BCUT2D eigenvalue weighted by Gasteiger charge is -2.37. The Kier molecular flexibility index (Phi) is 5.59. The van der Waals surface area contributed by atoms with Crippen LogP contribution >= 0.6 is 0 Å². The van der Waals surface area contributed by atoms with Gasteiger partial charge in [0.05, 0.1) is 18.9 Å². The average molecular weight is 452 g/mol. The molecule has 6 rings (SSSR count). The third-order valence-electron chi connectivity index (χ3n) is 7.87. The summed E-state index contributed by atoms with van der Waals surface area (Å²) in [6.07, 6.45) is 7.15. The second kappa shape index (κ2) is 8.43. The lowest BCUT2D eigenvalue weighted by atomic mass is 9.63. The van der Waals surface area contributed by atoms with Crippen molar-refractivity contribution in [3.8, 4) is 5.75 Å². The number of esters is 1. The number of imide groups is 1. The van der Waals surface area contributed by atoms with Gasteiger partial charge in [0, 0.05) is 5.56 Å². The molecule has 7 atom stereocenters. The molecular formula is C26H29NO6. The van der Waals surface area contributed by atoms with E-state index in [4.69, 9.17) is 9.47 Å². The number of methoxy groups -OCH3 is 1. The highest BCUT2D eigenvalue weighted by atomic mass is 16.5. The summed E-state index contributed by atoms with van der Waals surface area (Å²) in [6.45, 7) is 1.55. The smallest absolute Gasteiger partial charge is 0.329 e. The molecule has 1 aromatic rings. The van der Waals surface area contributed by atoms with Crippen LogP contribution in [-0.4, -0.2) is 48.2 Å². The Balaban J connectivity index is 1.30. The number of Topliss-reactive ketones (excluding diaryl/α,β-unsaturated/α-hetero) is 1. The monoisotopic (exact) mass is 451 g/mol. The first kappa shape index (κ1) is 21.9. The van der Waals surface area contributed by atoms with E-state index in [2.05, 4.69) is 12.2 Å². The number of amides is 2. The number of carbonyl (C=O) groups is 4. The summed E-state index contributed by atoms with van der Waals surface area (Å²) in [5.74, 6) is -0.394. The van der Waals surface area contributed by atoms with Crippen molar-refractivity contribution < 1.29 is 28.7 Å². The molecule has 3 fully saturated rings. The van der Waals surface area contributed by atoms with E-state index in [1.807, 2.05) is 6.92 Å². The molecule has 1 aliphatic heterocycles. The summed E-state index contributed by atoms with van der Waals surface area (Å²) < 4.78 is 10.4. The minimum absolute atomic E-state index is 0.103. The van der Waals surface area contributed by atoms with Crippen molar-refractivity contribution >= 4 is 23.6 Å². The van der Waals surface area contributed by atoms with Gasteiger partial charge in [-0.15, -0.1) is 0 Å². The molecule has 0 unspecified atom stereocenters. The minimum Gasteiger partial charge on any atom is -0.497 e. The zero-order chi connectivity index (χ0) is 23.3. The summed E-state index contributed by atoms with van der Waals surface area (Å²) in [4.78, 5) is 53.6. The van der Waals surface area contributed by atoms with E-state index >= 15 is 0 Å². The molecule has 33 heavy (non-hydrogen) atoms. The minimum atomic E-state index is -0.977. The second-order valence-corrected chi connectivity index (χ2v) is 9.62. The fourth-order valence-electron chi connectivity index (χ4n) is 6.13. The number of benzene rings is 1. The predicted molar refractivity (Wildman–Crippen MR) is 118 cm³/mol. The van der Waals surface area contributed by atoms with Crippen LogP contribution in [0, 0.1) is 35.5 Å². The van der Waals surface area contributed by atoms with Gasteiger partial charge in [-0.3, -0.25) is 19.3 Å². The number of likely N-dealkylation sites (tertiary alicyclic amines) is 1. The third kappa shape index (κ3) is 3.58. The van der Waals surface area contributed by atoms with E-state index in [1.165, 1.54) is 12.0 Å². The van der Waals surface area contributed by atoms with Crippen molar-refractivity contribution in [2.75, 3.05) is 13.7 Å². The van der Waals surface area contributed by atoms with Crippen LogP contribution in [0.4, 0.5) is 0 Å². The molecule has 4 aliphatic carbocycles. The molecule has 7 nitrogen and oxygen atoms in total. The van der Waals surface area contributed by atoms with E-state index in [-0.39, 0.29) is 41.3 Å². The Morgan fingerprint density at radius 2 is 1.64 bits per heavy atom. The molecule has 2 amide bonds. The number of carbonyl (C=O) groups excluding carboxylic acids is 4. The van der Waals surface area contributed by atoms with E-state index in [0.29, 0.717) is 36.0 Å². The van der Waals surface area contributed by atoms with Crippen LogP contribution in [0.2, 0.25) is 0 Å². The van der Waals surface area contributed by atoms with Crippen molar-refractivity contribution in [1.82, 2.24) is 4.90 Å². The fraction of sp³-hybridized carbons (Fsp3) is 0.538. The lowest BCUT2D eigenvalue weighted by molar-refractivity contribution is -0.158. The Morgan fingerprint density at radius 1 is 1.03 bits per heavy atom. The van der Waals surface area contributed by atoms with Crippen LogP contribution in [0.1, 0.15) is 43.0 Å². The van der Waals surface area contributed by atoms with Crippen molar-refractivity contribution in [1.29, 1.82) is 0 Å². The molecule has 0 N–H and O–H groups in total. The second-order valence-electron chi connectivity index (χ2n) is 9.62. The van der Waals surface area contributed by atoms with Crippen molar-refractivity contribution in [3.05, 3.63) is 42.0 Å². The molecule has 0 spiro atoms. The van der Waals surface area contributed by atoms with Gasteiger partial charge in [-0.25, -0.2) is 4.79 Å². The van der Waals surface area contributed by atoms with Gasteiger partial charge in [-0.2, -0.15) is 0 Å². The fourth-order valence-corrected chi connectivity index (χ4v) is 6.13. The zero-order valence-corrected chi connectivity index (χ0v) is 18.9. The number of hydrogen-bond acceptors (Lipinski definition) is 6. The molecule has 1 heterocycles. The van der Waals surface area contributed by atoms with Crippen molar-refractivity contribution in [3.63, 3.8) is 0 Å². The number of rotatable bonds is 9. The normalized spacial score (nSPS) is 31.8. The van der Waals surface area contributed by atoms with Crippen molar-refractivity contribution in [2.45, 2.75) is 38.6 Å². The van der Waals surface area contributed by atoms with Crippen molar-refractivity contribution in [2.24, 2.45) is 35.5 Å². The van der Waals surface area contributed by atoms with Gasteiger partial charge in [0.15, 0.2) is 12.4 Å². The predicted octanol–water partition coefficient (Wildman–Crippen LogP) is 3.03. The van der Waals surface area contributed by atoms with Crippen LogP contribution in [0.3, 0.4) is 0 Å². The van der Waals surface area contributed by atoms with E-state index in [9.17, 15) is 19.2 Å². The number of unbranched alkanes of at least 4 members (excludes halogenated alkanes) is 1. The van der Waals surface area contributed by atoms with Crippen LogP contribution in [0.5, 0.6) is 5.75 Å². The lowest BCUT2D eigenvalue weighted by Crippen LogP contribution is -2.47. The molecule has 1 aromatic carbocycles. The van der Waals surface area contributed by atoms with Crippen LogP contribution in [0.25, 0.3) is 0 Å². The average Bonchev–Trinajstić information content (AvgIpc) is 3.62. The zero-order valence-electron chi connectivity index (χ0n) is 18.9. The maximum Gasteiger partial charge on any atom is 0.329 e. The van der Waals surface area contributed by atoms with Gasteiger partial charge in [-0.1, -0.05) is 31.9 Å². The molecule has 0 radical (unpaired) electrons. The molecule has 174 valence electrons. The number of ketones is 1. The summed E-state index contributed by atoms with van der Waals surface area (Å²) in [7, 11) is 1.54. The van der Waals surface area contributed by atoms with Crippen LogP contribution < -0.4 is 4.74 Å². The number of nitrogens with zero attached hydrogens (tertiary/aromatic N) is 1. The first-order chi connectivity index (χ1) is 16.0. The number of allylic oxidation sites excluding steroid dienone is 2. The Bertz CT molecular complexity index is 978. The Hall–Kier alpha value is -2.96. The first-order valence-electron chi connectivity index (χ1n) is 11.8. The molecule has 5 aliphatic rings. The van der Waals surface area contributed by atoms with Gasteiger partial charge < -0.3 is 9.47 Å². The SMILES string of the molecule is CCCC[C@H](C(=O)OCC(=O)c1ccc(OC)cc1)N1C(=O)[C@@H]2[C@H]3C=C[C@@H]([C@@H]4C[C@H]34)[C@H]2C1=O. The molecule has 0 aromatic heterocycles. The highest BCUT2D eigenvalue weighted by Crippen LogP contribution is 2.65. The highest BCUT2D eigenvalue weighted by molar-refractivity contribution is 6.09. The largest absolute Gasteiger partial charge is 0.497 e.